The van der Waals surface area contributed by atoms with Gasteiger partial charge >= 0.3 is 5.97 Å². The number of carbonyl (C=O) groups excluding carboxylic acids is 2. The third kappa shape index (κ3) is 4.83. The van der Waals surface area contributed by atoms with Crippen molar-refractivity contribution in [2.45, 2.75) is 18.2 Å². The average Bonchev–Trinajstić information content (AvgIpc) is 3.04. The van der Waals surface area contributed by atoms with Crippen LogP contribution in [0.15, 0.2) is 46.8 Å². The molecule has 0 aliphatic carbocycles. The number of benzene rings is 2. The van der Waals surface area contributed by atoms with E-state index in [0.717, 1.165) is 31.4 Å². The van der Waals surface area contributed by atoms with E-state index in [1.165, 1.54) is 23.1 Å². The Morgan fingerprint density at radius 2 is 2.00 bits per heavy atom. The topological polar surface area (TPSA) is 68.3 Å². The van der Waals surface area contributed by atoms with Gasteiger partial charge in [0.2, 0.25) is 0 Å². The maximum absolute atomic E-state index is 12.0. The number of anilines is 1. The van der Waals surface area contributed by atoms with Crippen LogP contribution in [-0.4, -0.2) is 29.2 Å². The van der Waals surface area contributed by atoms with Crippen LogP contribution in [-0.2, 0) is 14.3 Å². The van der Waals surface area contributed by atoms with Gasteiger partial charge in [0.05, 0.1) is 16.0 Å². The minimum atomic E-state index is -0.439. The largest absolute Gasteiger partial charge is 0.455 e. The van der Waals surface area contributed by atoms with Gasteiger partial charge in [-0.05, 0) is 43.2 Å². The molecule has 1 aromatic heterocycles. The molecule has 0 saturated heterocycles. The molecule has 134 valence electrons. The van der Waals surface area contributed by atoms with E-state index >= 15 is 0 Å². The number of nitrogens with zero attached hydrogens (tertiary/aromatic N) is 1. The summed E-state index contributed by atoms with van der Waals surface area (Å²) in [6, 6.07) is 13.6. The fourth-order valence-corrected chi connectivity index (χ4v) is 4.14. The molecule has 0 saturated carbocycles. The van der Waals surface area contributed by atoms with Crippen LogP contribution in [0.25, 0.3) is 10.2 Å². The molecule has 0 atom stereocenters. The first-order valence-corrected chi connectivity index (χ1v) is 9.82. The van der Waals surface area contributed by atoms with Crippen LogP contribution in [0.5, 0.6) is 0 Å². The molecule has 3 aromatic rings. The summed E-state index contributed by atoms with van der Waals surface area (Å²) < 4.78 is 6.94. The molecular formula is C19H18N2O3S2. The maximum Gasteiger partial charge on any atom is 0.316 e. The van der Waals surface area contributed by atoms with Crippen LogP contribution >= 0.6 is 23.1 Å². The molecular weight excluding hydrogens is 368 g/mol. The Morgan fingerprint density at radius 1 is 1.19 bits per heavy atom. The summed E-state index contributed by atoms with van der Waals surface area (Å²) in [5.41, 5.74) is 3.66. The highest BCUT2D eigenvalue weighted by Crippen LogP contribution is 2.29. The van der Waals surface area contributed by atoms with Gasteiger partial charge in [-0.15, -0.1) is 11.3 Å². The second-order valence-electron chi connectivity index (χ2n) is 5.76. The number of ether oxygens (including phenoxy) is 1. The van der Waals surface area contributed by atoms with Crippen LogP contribution in [0, 0.1) is 13.8 Å². The van der Waals surface area contributed by atoms with Gasteiger partial charge in [-0.1, -0.05) is 36.0 Å². The normalized spacial score (nSPS) is 10.7. The number of rotatable bonds is 6. The molecule has 0 unspecified atom stereocenters. The lowest BCUT2D eigenvalue weighted by atomic mass is 10.1. The SMILES string of the molecule is Cc1ccc(C)c(NC(=O)COC(=O)CSc2nc3ccccc3s2)c1. The number of aryl methyl sites for hydroxylation is 2. The zero-order chi connectivity index (χ0) is 18.5. The summed E-state index contributed by atoms with van der Waals surface area (Å²) in [6.45, 7) is 3.57. The molecule has 5 nitrogen and oxygen atoms in total. The van der Waals surface area contributed by atoms with Crippen molar-refractivity contribution in [2.75, 3.05) is 17.7 Å². The van der Waals surface area contributed by atoms with E-state index in [9.17, 15) is 9.59 Å². The highest BCUT2D eigenvalue weighted by Gasteiger charge is 2.11. The molecule has 26 heavy (non-hydrogen) atoms. The van der Waals surface area contributed by atoms with E-state index in [2.05, 4.69) is 10.3 Å². The molecule has 1 heterocycles. The molecule has 3 rings (SSSR count). The number of hydrogen-bond acceptors (Lipinski definition) is 6. The monoisotopic (exact) mass is 386 g/mol. The first kappa shape index (κ1) is 18.4. The fourth-order valence-electron chi connectivity index (χ4n) is 2.28. The Balaban J connectivity index is 1.46. The minimum absolute atomic E-state index is 0.122. The van der Waals surface area contributed by atoms with Crippen molar-refractivity contribution >= 4 is 50.9 Å². The summed E-state index contributed by atoms with van der Waals surface area (Å²) in [4.78, 5) is 28.3. The number of esters is 1. The molecule has 0 radical (unpaired) electrons. The van der Waals surface area contributed by atoms with Crippen molar-refractivity contribution in [2.24, 2.45) is 0 Å². The van der Waals surface area contributed by atoms with Crippen molar-refractivity contribution in [3.63, 3.8) is 0 Å². The van der Waals surface area contributed by atoms with Gasteiger partial charge < -0.3 is 10.1 Å². The Hall–Kier alpha value is -2.38. The summed E-state index contributed by atoms with van der Waals surface area (Å²) >= 11 is 2.85. The van der Waals surface area contributed by atoms with E-state index in [1.807, 2.05) is 56.3 Å². The third-order valence-electron chi connectivity index (χ3n) is 3.62. The van der Waals surface area contributed by atoms with E-state index < -0.39 is 5.97 Å². The van der Waals surface area contributed by atoms with Crippen molar-refractivity contribution in [1.82, 2.24) is 4.98 Å². The molecule has 7 heteroatoms. The highest BCUT2D eigenvalue weighted by atomic mass is 32.2. The Kier molecular flexibility index (Phi) is 5.90. The van der Waals surface area contributed by atoms with Gasteiger partial charge in [0.1, 0.15) is 0 Å². The fraction of sp³-hybridized carbons (Fsp3) is 0.211. The molecule has 0 spiro atoms. The van der Waals surface area contributed by atoms with Gasteiger partial charge in [0, 0.05) is 5.69 Å². The zero-order valence-corrected chi connectivity index (χ0v) is 16.1. The summed E-state index contributed by atoms with van der Waals surface area (Å²) in [7, 11) is 0. The molecule has 0 aliphatic rings. The zero-order valence-electron chi connectivity index (χ0n) is 14.4. The number of carbonyl (C=O) groups is 2. The number of thioether (sulfide) groups is 1. The lowest BCUT2D eigenvalue weighted by Crippen LogP contribution is -2.22. The van der Waals surface area contributed by atoms with Crippen LogP contribution < -0.4 is 5.32 Å². The van der Waals surface area contributed by atoms with Gasteiger partial charge in [0.25, 0.3) is 5.91 Å². The van der Waals surface area contributed by atoms with E-state index in [1.54, 1.807) is 0 Å². The van der Waals surface area contributed by atoms with Gasteiger partial charge in [-0.25, -0.2) is 4.98 Å². The maximum atomic E-state index is 12.0. The summed E-state index contributed by atoms with van der Waals surface area (Å²) in [5.74, 6) is -0.668. The van der Waals surface area contributed by atoms with Gasteiger partial charge in [-0.2, -0.15) is 0 Å². The van der Waals surface area contributed by atoms with E-state index in [4.69, 9.17) is 4.74 Å². The first-order chi connectivity index (χ1) is 12.5. The lowest BCUT2D eigenvalue weighted by Gasteiger charge is -2.09. The van der Waals surface area contributed by atoms with E-state index in [0.29, 0.717) is 0 Å². The summed E-state index contributed by atoms with van der Waals surface area (Å²) in [5, 5.41) is 2.76. The Morgan fingerprint density at radius 3 is 2.81 bits per heavy atom. The number of nitrogens with one attached hydrogen (secondary N) is 1. The second kappa shape index (κ2) is 8.33. The molecule has 1 N–H and O–H groups in total. The number of amides is 1. The van der Waals surface area contributed by atoms with Crippen LogP contribution in [0.1, 0.15) is 11.1 Å². The van der Waals surface area contributed by atoms with Gasteiger partial charge in [-0.3, -0.25) is 9.59 Å². The standard InChI is InChI=1S/C19H18N2O3S2/c1-12-7-8-13(2)15(9-12)20-17(22)10-24-18(23)11-25-19-21-14-5-3-4-6-16(14)26-19/h3-9H,10-11H2,1-2H3,(H,20,22). The smallest absolute Gasteiger partial charge is 0.316 e. The third-order valence-corrected chi connectivity index (χ3v) is 5.77. The Labute approximate surface area is 159 Å². The Bertz CT molecular complexity index is 920. The number of fused-ring (bicyclic) bond motifs is 1. The first-order valence-electron chi connectivity index (χ1n) is 8.02. The predicted octanol–water partition coefficient (Wildman–Crippen LogP) is 4.19. The average molecular weight is 386 g/mol. The van der Waals surface area contributed by atoms with Crippen molar-refractivity contribution in [3.05, 3.63) is 53.6 Å². The molecule has 2 aromatic carbocycles. The molecule has 0 aliphatic heterocycles. The van der Waals surface area contributed by atoms with Crippen LogP contribution in [0.2, 0.25) is 0 Å². The summed E-state index contributed by atoms with van der Waals surface area (Å²) in [6.07, 6.45) is 0. The second-order valence-corrected chi connectivity index (χ2v) is 8.02. The number of para-hydroxylation sites is 1. The number of aromatic nitrogens is 1. The van der Waals surface area contributed by atoms with Crippen LogP contribution in [0.4, 0.5) is 5.69 Å². The molecule has 0 bridgehead atoms. The van der Waals surface area contributed by atoms with E-state index in [-0.39, 0.29) is 18.3 Å². The predicted molar refractivity (Wildman–Crippen MR) is 106 cm³/mol. The number of hydrogen-bond donors (Lipinski definition) is 1. The number of thiazole rings is 1. The van der Waals surface area contributed by atoms with Crippen molar-refractivity contribution < 1.29 is 14.3 Å². The van der Waals surface area contributed by atoms with Gasteiger partial charge in [0.15, 0.2) is 10.9 Å². The molecule has 1 amide bonds. The molecule has 0 fully saturated rings. The lowest BCUT2D eigenvalue weighted by molar-refractivity contribution is -0.144. The van der Waals surface area contributed by atoms with Crippen molar-refractivity contribution in [1.29, 1.82) is 0 Å². The van der Waals surface area contributed by atoms with Crippen LogP contribution in [0.3, 0.4) is 0 Å². The highest BCUT2D eigenvalue weighted by molar-refractivity contribution is 8.01. The minimum Gasteiger partial charge on any atom is -0.455 e. The van der Waals surface area contributed by atoms with Crippen molar-refractivity contribution in [3.8, 4) is 0 Å². The quantitative estimate of drug-likeness (QED) is 0.508.